The highest BCUT2D eigenvalue weighted by atomic mass is 16.5. The molecule has 32 heavy (non-hydrogen) atoms. The van der Waals surface area contributed by atoms with Crippen LogP contribution in [0.3, 0.4) is 0 Å². The lowest BCUT2D eigenvalue weighted by atomic mass is 10.0. The molecule has 0 saturated carbocycles. The molecule has 1 aliphatic heterocycles. The lowest BCUT2D eigenvalue weighted by Crippen LogP contribution is -2.29. The number of fused-ring (bicyclic) bond motifs is 1. The van der Waals surface area contributed by atoms with Gasteiger partial charge in [-0.3, -0.25) is 10.2 Å². The first-order valence-electron chi connectivity index (χ1n) is 9.83. The Kier molecular flexibility index (Phi) is 5.94. The Morgan fingerprint density at radius 2 is 1.81 bits per heavy atom. The topological polar surface area (TPSA) is 122 Å². The molecule has 4 rings (SSSR count). The van der Waals surface area contributed by atoms with Crippen molar-refractivity contribution in [3.63, 3.8) is 0 Å². The SMILES string of the molecule is COc1cccc(C(=N)O/C(N)=N/C2N=C(c3ccccc3)c3ccccc3NC2=O)c1. The van der Waals surface area contributed by atoms with Crippen molar-refractivity contribution >= 4 is 29.2 Å². The molecule has 160 valence electrons. The predicted molar refractivity (Wildman–Crippen MR) is 123 cm³/mol. The van der Waals surface area contributed by atoms with E-state index >= 15 is 0 Å². The zero-order chi connectivity index (χ0) is 22.5. The number of ether oxygens (including phenoxy) is 2. The molecule has 0 radical (unpaired) electrons. The highest BCUT2D eigenvalue weighted by molar-refractivity contribution is 6.19. The summed E-state index contributed by atoms with van der Waals surface area (Å²) < 4.78 is 10.5. The Morgan fingerprint density at radius 1 is 1.06 bits per heavy atom. The maximum Gasteiger partial charge on any atom is 0.291 e. The number of nitrogens with one attached hydrogen (secondary N) is 2. The molecule has 1 unspecified atom stereocenters. The van der Waals surface area contributed by atoms with Crippen molar-refractivity contribution in [1.29, 1.82) is 5.41 Å². The molecule has 1 atom stereocenters. The number of benzene rings is 3. The molecule has 0 aliphatic carbocycles. The number of rotatable bonds is 4. The Hall–Kier alpha value is -4.46. The van der Waals surface area contributed by atoms with E-state index in [1.165, 1.54) is 7.11 Å². The van der Waals surface area contributed by atoms with Crippen molar-refractivity contribution in [3.05, 3.63) is 95.6 Å². The maximum atomic E-state index is 12.8. The number of benzodiazepines with no additional fused rings is 1. The fourth-order valence-electron chi connectivity index (χ4n) is 3.23. The van der Waals surface area contributed by atoms with E-state index in [1.807, 2.05) is 48.5 Å². The van der Waals surface area contributed by atoms with Crippen LogP contribution in [-0.2, 0) is 9.53 Å². The standard InChI is InChI=1S/C24H21N5O3/c1-31-17-11-7-10-16(14-17)21(25)32-24(26)29-22-23(30)27-19-13-6-5-12-18(19)20(28-22)15-8-3-2-4-9-15/h2-14,22,25H,1H3,(H2,26,29)(H,27,30). The lowest BCUT2D eigenvalue weighted by Gasteiger charge is -2.10. The van der Waals surface area contributed by atoms with Crippen molar-refractivity contribution in [2.24, 2.45) is 15.7 Å². The van der Waals surface area contributed by atoms with E-state index < -0.39 is 12.1 Å². The average Bonchev–Trinajstić information content (AvgIpc) is 2.96. The van der Waals surface area contributed by atoms with Crippen LogP contribution in [0.5, 0.6) is 5.75 Å². The molecule has 0 fully saturated rings. The number of amides is 1. The summed E-state index contributed by atoms with van der Waals surface area (Å²) in [5.41, 5.74) is 9.21. The molecule has 0 saturated heterocycles. The first-order chi connectivity index (χ1) is 15.5. The average molecular weight is 427 g/mol. The number of para-hydroxylation sites is 1. The number of hydrogen-bond donors (Lipinski definition) is 3. The quantitative estimate of drug-likeness (QED) is 0.437. The normalized spacial score (nSPS) is 15.7. The maximum absolute atomic E-state index is 12.8. The van der Waals surface area contributed by atoms with E-state index in [0.29, 0.717) is 22.7 Å². The molecule has 1 heterocycles. The number of nitrogens with zero attached hydrogens (tertiary/aromatic N) is 2. The van der Waals surface area contributed by atoms with Gasteiger partial charge in [0.05, 0.1) is 18.5 Å². The van der Waals surface area contributed by atoms with Gasteiger partial charge in [0.2, 0.25) is 12.1 Å². The minimum Gasteiger partial charge on any atom is -0.497 e. The van der Waals surface area contributed by atoms with Crippen LogP contribution in [0.4, 0.5) is 5.69 Å². The number of hydrogen-bond acceptors (Lipinski definition) is 6. The monoisotopic (exact) mass is 427 g/mol. The van der Waals surface area contributed by atoms with Gasteiger partial charge in [-0.15, -0.1) is 0 Å². The number of anilines is 1. The Bertz CT molecular complexity index is 1220. The predicted octanol–water partition coefficient (Wildman–Crippen LogP) is 3.17. The highest BCUT2D eigenvalue weighted by Crippen LogP contribution is 2.24. The number of carbonyl (C=O) groups is 1. The molecule has 8 heteroatoms. The van der Waals surface area contributed by atoms with Gasteiger partial charge in [0.1, 0.15) is 5.75 Å². The van der Waals surface area contributed by atoms with Crippen LogP contribution in [0.2, 0.25) is 0 Å². The number of methoxy groups -OCH3 is 1. The largest absolute Gasteiger partial charge is 0.497 e. The Morgan fingerprint density at radius 3 is 2.59 bits per heavy atom. The highest BCUT2D eigenvalue weighted by Gasteiger charge is 2.26. The first-order valence-corrected chi connectivity index (χ1v) is 9.83. The molecule has 0 spiro atoms. The molecule has 1 amide bonds. The van der Waals surface area contributed by atoms with E-state index in [2.05, 4.69) is 15.3 Å². The van der Waals surface area contributed by atoms with Crippen LogP contribution >= 0.6 is 0 Å². The number of nitrogens with two attached hydrogens (primary N) is 1. The number of aliphatic imine (C=N–C) groups is 2. The molecular weight excluding hydrogens is 406 g/mol. The number of carbonyl (C=O) groups excluding carboxylic acids is 1. The molecule has 0 bridgehead atoms. The van der Waals surface area contributed by atoms with E-state index in [-0.39, 0.29) is 11.9 Å². The van der Waals surface area contributed by atoms with Gasteiger partial charge in [-0.2, -0.15) is 4.99 Å². The van der Waals surface area contributed by atoms with Gasteiger partial charge >= 0.3 is 0 Å². The van der Waals surface area contributed by atoms with Crippen LogP contribution in [0, 0.1) is 5.41 Å². The molecule has 0 aromatic heterocycles. The molecular formula is C24H21N5O3. The van der Waals surface area contributed by atoms with Gasteiger partial charge in [-0.1, -0.05) is 54.6 Å². The zero-order valence-electron chi connectivity index (χ0n) is 17.3. The lowest BCUT2D eigenvalue weighted by molar-refractivity contribution is -0.117. The summed E-state index contributed by atoms with van der Waals surface area (Å²) in [4.78, 5) is 21.5. The first kappa shape index (κ1) is 20.8. The Labute approximate surface area is 184 Å². The van der Waals surface area contributed by atoms with E-state index in [4.69, 9.17) is 20.6 Å². The number of amidine groups is 1. The molecule has 8 nitrogen and oxygen atoms in total. The van der Waals surface area contributed by atoms with Crippen molar-refractivity contribution in [1.82, 2.24) is 0 Å². The fourth-order valence-corrected chi connectivity index (χ4v) is 3.23. The van der Waals surface area contributed by atoms with Crippen LogP contribution in [0.15, 0.2) is 88.8 Å². The minimum atomic E-state index is -1.18. The third kappa shape index (κ3) is 4.49. The summed E-state index contributed by atoms with van der Waals surface area (Å²) in [5, 5.41) is 11.0. The van der Waals surface area contributed by atoms with Crippen molar-refractivity contribution in [2.45, 2.75) is 6.17 Å². The van der Waals surface area contributed by atoms with Gasteiger partial charge in [0, 0.05) is 16.7 Å². The summed E-state index contributed by atoms with van der Waals surface area (Å²) in [7, 11) is 1.53. The molecule has 3 aromatic rings. The van der Waals surface area contributed by atoms with Gasteiger partial charge in [0.25, 0.3) is 11.9 Å². The second kappa shape index (κ2) is 9.13. The second-order valence-corrected chi connectivity index (χ2v) is 6.88. The van der Waals surface area contributed by atoms with E-state index in [1.54, 1.807) is 30.3 Å². The molecule has 1 aliphatic rings. The van der Waals surface area contributed by atoms with Crippen LogP contribution < -0.4 is 15.8 Å². The zero-order valence-corrected chi connectivity index (χ0v) is 17.3. The Balaban J connectivity index is 1.65. The smallest absolute Gasteiger partial charge is 0.291 e. The second-order valence-electron chi connectivity index (χ2n) is 6.88. The fraction of sp³-hybridized carbons (Fsp3) is 0.0833. The summed E-state index contributed by atoms with van der Waals surface area (Å²) in [6, 6.07) is 23.3. The van der Waals surface area contributed by atoms with Gasteiger partial charge in [-0.25, -0.2) is 4.99 Å². The third-order valence-corrected chi connectivity index (χ3v) is 4.76. The summed E-state index contributed by atoms with van der Waals surface area (Å²) in [5.74, 6) is -0.109. The van der Waals surface area contributed by atoms with Crippen LogP contribution in [-0.4, -0.2) is 36.8 Å². The van der Waals surface area contributed by atoms with E-state index in [0.717, 1.165) is 11.1 Å². The third-order valence-electron chi connectivity index (χ3n) is 4.76. The van der Waals surface area contributed by atoms with E-state index in [9.17, 15) is 4.79 Å². The van der Waals surface area contributed by atoms with Crippen molar-refractivity contribution in [2.75, 3.05) is 12.4 Å². The van der Waals surface area contributed by atoms with Crippen molar-refractivity contribution in [3.8, 4) is 5.75 Å². The molecule has 4 N–H and O–H groups in total. The summed E-state index contributed by atoms with van der Waals surface area (Å²) in [6.45, 7) is 0. The van der Waals surface area contributed by atoms with Crippen LogP contribution in [0.25, 0.3) is 0 Å². The minimum absolute atomic E-state index is 0.227. The van der Waals surface area contributed by atoms with Gasteiger partial charge in [-0.05, 0) is 24.3 Å². The molecule has 3 aromatic carbocycles. The van der Waals surface area contributed by atoms with Crippen LogP contribution in [0.1, 0.15) is 16.7 Å². The van der Waals surface area contributed by atoms with Crippen molar-refractivity contribution < 1.29 is 14.3 Å². The van der Waals surface area contributed by atoms with Gasteiger partial charge in [0.15, 0.2) is 0 Å². The van der Waals surface area contributed by atoms with Gasteiger partial charge < -0.3 is 20.5 Å². The summed E-state index contributed by atoms with van der Waals surface area (Å²) >= 11 is 0. The summed E-state index contributed by atoms with van der Waals surface area (Å²) in [6.07, 6.45) is -1.18.